The number of aromatic nitrogens is 1. The molecule has 0 unspecified atom stereocenters. The molecule has 1 amide bonds. The molecule has 0 aliphatic heterocycles. The van der Waals surface area contributed by atoms with Crippen LogP contribution in [0.5, 0.6) is 0 Å². The first-order chi connectivity index (χ1) is 8.41. The number of aryl methyl sites for hydroxylation is 2. The third kappa shape index (κ3) is 2.23. The fraction of sp³-hybridized carbons (Fsp3) is 0.583. The SMILES string of the molecule is Cc1noc(C)c1[C@H](C)NC(=O)[C@@H]1C[C@H]1C(=O)O. The van der Waals surface area contributed by atoms with E-state index in [0.29, 0.717) is 12.2 Å². The van der Waals surface area contributed by atoms with Gasteiger partial charge >= 0.3 is 5.97 Å². The van der Waals surface area contributed by atoms with E-state index in [0.717, 1.165) is 11.3 Å². The molecule has 18 heavy (non-hydrogen) atoms. The van der Waals surface area contributed by atoms with Crippen molar-refractivity contribution in [3.8, 4) is 0 Å². The second-order valence-electron chi connectivity index (χ2n) is 4.76. The molecular weight excluding hydrogens is 236 g/mol. The summed E-state index contributed by atoms with van der Waals surface area (Å²) >= 11 is 0. The van der Waals surface area contributed by atoms with E-state index in [9.17, 15) is 9.59 Å². The Morgan fingerprint density at radius 3 is 2.56 bits per heavy atom. The highest BCUT2D eigenvalue weighted by Crippen LogP contribution is 2.39. The van der Waals surface area contributed by atoms with Gasteiger partial charge in [0.2, 0.25) is 5.91 Å². The van der Waals surface area contributed by atoms with Gasteiger partial charge in [0, 0.05) is 5.56 Å². The van der Waals surface area contributed by atoms with Crippen LogP contribution in [0.25, 0.3) is 0 Å². The second-order valence-corrected chi connectivity index (χ2v) is 4.76. The fourth-order valence-corrected chi connectivity index (χ4v) is 2.26. The maximum Gasteiger partial charge on any atom is 0.307 e. The molecular formula is C12H16N2O4. The molecule has 1 saturated carbocycles. The third-order valence-electron chi connectivity index (χ3n) is 3.32. The van der Waals surface area contributed by atoms with E-state index in [-0.39, 0.29) is 11.9 Å². The molecule has 1 aliphatic rings. The number of amides is 1. The first kappa shape index (κ1) is 12.6. The molecule has 0 radical (unpaired) electrons. The molecule has 3 atom stereocenters. The summed E-state index contributed by atoms with van der Waals surface area (Å²) in [5, 5.41) is 15.4. The van der Waals surface area contributed by atoms with Crippen LogP contribution < -0.4 is 5.32 Å². The molecule has 0 aromatic carbocycles. The molecule has 0 bridgehead atoms. The first-order valence-corrected chi connectivity index (χ1v) is 5.87. The Hall–Kier alpha value is -1.85. The number of aliphatic carboxylic acids is 1. The Balaban J connectivity index is 1.99. The Kier molecular flexibility index (Phi) is 3.11. The molecule has 1 aromatic rings. The van der Waals surface area contributed by atoms with Crippen LogP contribution in [-0.2, 0) is 9.59 Å². The molecule has 1 heterocycles. The van der Waals surface area contributed by atoms with E-state index in [1.54, 1.807) is 6.92 Å². The van der Waals surface area contributed by atoms with Gasteiger partial charge in [0.25, 0.3) is 0 Å². The predicted molar refractivity (Wildman–Crippen MR) is 61.8 cm³/mol. The van der Waals surface area contributed by atoms with Gasteiger partial charge in [0.15, 0.2) is 0 Å². The van der Waals surface area contributed by atoms with Gasteiger partial charge in [-0.25, -0.2) is 0 Å². The lowest BCUT2D eigenvalue weighted by molar-refractivity contribution is -0.140. The average Bonchev–Trinajstić information content (AvgIpc) is 3.00. The molecule has 1 aromatic heterocycles. The van der Waals surface area contributed by atoms with Gasteiger partial charge in [-0.1, -0.05) is 5.16 Å². The normalized spacial score (nSPS) is 23.5. The summed E-state index contributed by atoms with van der Waals surface area (Å²) in [5.74, 6) is -1.37. The number of nitrogens with zero attached hydrogens (tertiary/aromatic N) is 1. The monoisotopic (exact) mass is 252 g/mol. The highest BCUT2D eigenvalue weighted by Gasteiger charge is 2.48. The second kappa shape index (κ2) is 4.44. The van der Waals surface area contributed by atoms with E-state index in [1.807, 2.05) is 13.8 Å². The zero-order valence-electron chi connectivity index (χ0n) is 10.6. The largest absolute Gasteiger partial charge is 0.481 e. The molecule has 1 fully saturated rings. The summed E-state index contributed by atoms with van der Waals surface area (Å²) in [6.45, 7) is 5.43. The number of carboxylic acid groups (broad SMARTS) is 1. The van der Waals surface area contributed by atoms with Crippen LogP contribution in [0.3, 0.4) is 0 Å². The number of hydrogen-bond acceptors (Lipinski definition) is 4. The maximum absolute atomic E-state index is 11.8. The van der Waals surface area contributed by atoms with Gasteiger partial charge in [-0.2, -0.15) is 0 Å². The van der Waals surface area contributed by atoms with Crippen molar-refractivity contribution in [1.82, 2.24) is 10.5 Å². The fourth-order valence-electron chi connectivity index (χ4n) is 2.26. The quantitative estimate of drug-likeness (QED) is 0.839. The molecule has 98 valence electrons. The van der Waals surface area contributed by atoms with Gasteiger partial charge < -0.3 is 14.9 Å². The van der Waals surface area contributed by atoms with Crippen molar-refractivity contribution in [2.45, 2.75) is 33.2 Å². The molecule has 1 aliphatic carbocycles. The summed E-state index contributed by atoms with van der Waals surface area (Å²) in [4.78, 5) is 22.5. The standard InChI is InChI=1S/C12H16N2O4/c1-5(10-6(2)14-18-7(10)3)13-11(15)8-4-9(8)12(16)17/h5,8-9H,4H2,1-3H3,(H,13,15)(H,16,17)/t5-,8+,9+/m0/s1. The lowest BCUT2D eigenvalue weighted by atomic mass is 10.1. The minimum atomic E-state index is -0.903. The minimum absolute atomic E-state index is 0.213. The van der Waals surface area contributed by atoms with E-state index in [1.165, 1.54) is 0 Å². The number of carboxylic acids is 1. The number of carbonyl (C=O) groups is 2. The third-order valence-corrected chi connectivity index (χ3v) is 3.32. The zero-order chi connectivity index (χ0) is 13.4. The van der Waals surface area contributed by atoms with Crippen molar-refractivity contribution in [1.29, 1.82) is 0 Å². The smallest absolute Gasteiger partial charge is 0.307 e. The number of rotatable bonds is 4. The Morgan fingerprint density at radius 2 is 2.11 bits per heavy atom. The van der Waals surface area contributed by atoms with E-state index in [4.69, 9.17) is 9.63 Å². The molecule has 2 rings (SSSR count). The van der Waals surface area contributed by atoms with Crippen LogP contribution in [0.4, 0.5) is 0 Å². The summed E-state index contributed by atoms with van der Waals surface area (Å²) in [6.07, 6.45) is 0.426. The van der Waals surface area contributed by atoms with Crippen molar-refractivity contribution in [2.75, 3.05) is 0 Å². The van der Waals surface area contributed by atoms with Crippen LogP contribution in [0.2, 0.25) is 0 Å². The van der Waals surface area contributed by atoms with Crippen LogP contribution in [0.15, 0.2) is 4.52 Å². The van der Waals surface area contributed by atoms with Gasteiger partial charge in [-0.15, -0.1) is 0 Å². The van der Waals surface area contributed by atoms with Crippen molar-refractivity contribution in [3.63, 3.8) is 0 Å². The summed E-state index contributed by atoms with van der Waals surface area (Å²) in [5.41, 5.74) is 1.60. The predicted octanol–water partition coefficient (Wildman–Crippen LogP) is 1.19. The van der Waals surface area contributed by atoms with Gasteiger partial charge in [0.1, 0.15) is 5.76 Å². The van der Waals surface area contributed by atoms with Gasteiger partial charge in [-0.3, -0.25) is 9.59 Å². The minimum Gasteiger partial charge on any atom is -0.481 e. The van der Waals surface area contributed by atoms with E-state index in [2.05, 4.69) is 10.5 Å². The van der Waals surface area contributed by atoms with E-state index >= 15 is 0 Å². The highest BCUT2D eigenvalue weighted by molar-refractivity contribution is 5.89. The van der Waals surface area contributed by atoms with Crippen LogP contribution in [0, 0.1) is 25.7 Å². The topological polar surface area (TPSA) is 92.4 Å². The van der Waals surface area contributed by atoms with Crippen molar-refractivity contribution >= 4 is 11.9 Å². The van der Waals surface area contributed by atoms with Crippen molar-refractivity contribution < 1.29 is 19.2 Å². The lowest BCUT2D eigenvalue weighted by Crippen LogP contribution is -2.29. The maximum atomic E-state index is 11.8. The molecule has 0 spiro atoms. The molecule has 2 N–H and O–H groups in total. The first-order valence-electron chi connectivity index (χ1n) is 5.87. The van der Waals surface area contributed by atoms with Crippen LogP contribution in [-0.4, -0.2) is 22.1 Å². The van der Waals surface area contributed by atoms with E-state index < -0.39 is 17.8 Å². The average molecular weight is 252 g/mol. The number of carbonyl (C=O) groups excluding carboxylic acids is 1. The van der Waals surface area contributed by atoms with Gasteiger partial charge in [0.05, 0.1) is 23.6 Å². The molecule has 0 saturated heterocycles. The Bertz CT molecular complexity index is 475. The number of hydrogen-bond donors (Lipinski definition) is 2. The summed E-state index contributed by atoms with van der Waals surface area (Å²) in [6, 6.07) is -0.223. The van der Waals surface area contributed by atoms with Crippen LogP contribution in [0.1, 0.15) is 36.4 Å². The summed E-state index contributed by atoms with van der Waals surface area (Å²) < 4.78 is 5.04. The Labute approximate surface area is 104 Å². The van der Waals surface area contributed by atoms with Crippen molar-refractivity contribution in [3.05, 3.63) is 17.0 Å². The Morgan fingerprint density at radius 1 is 1.44 bits per heavy atom. The van der Waals surface area contributed by atoms with Crippen molar-refractivity contribution in [2.24, 2.45) is 11.8 Å². The van der Waals surface area contributed by atoms with Gasteiger partial charge in [-0.05, 0) is 27.2 Å². The zero-order valence-corrected chi connectivity index (χ0v) is 10.6. The summed E-state index contributed by atoms with van der Waals surface area (Å²) in [7, 11) is 0. The highest BCUT2D eigenvalue weighted by atomic mass is 16.5. The molecule has 6 nitrogen and oxygen atoms in total. The lowest BCUT2D eigenvalue weighted by Gasteiger charge is -2.13. The molecule has 6 heteroatoms. The number of nitrogens with one attached hydrogen (secondary N) is 1. The van der Waals surface area contributed by atoms with Crippen LogP contribution >= 0.6 is 0 Å².